The van der Waals surface area contributed by atoms with Crippen LogP contribution in [-0.2, 0) is 0 Å². The second-order valence-corrected chi connectivity index (χ2v) is 5.10. The van der Waals surface area contributed by atoms with Crippen LogP contribution in [0.1, 0.15) is 27.2 Å². The Labute approximate surface area is 125 Å². The fourth-order valence-electron chi connectivity index (χ4n) is 1.71. The van der Waals surface area contributed by atoms with Crippen molar-refractivity contribution in [1.82, 2.24) is 4.98 Å². The molecule has 0 aliphatic carbocycles. The molecule has 0 radical (unpaired) electrons. The zero-order valence-electron chi connectivity index (χ0n) is 11.1. The first-order valence-corrected chi connectivity index (χ1v) is 6.76. The lowest BCUT2D eigenvalue weighted by molar-refractivity contribution is 0.102. The molecule has 1 aromatic carbocycles. The van der Waals surface area contributed by atoms with Crippen LogP contribution in [0.2, 0.25) is 0 Å². The van der Waals surface area contributed by atoms with Gasteiger partial charge in [-0.3, -0.25) is 4.79 Å². The second-order valence-electron chi connectivity index (χ2n) is 4.35. The van der Waals surface area contributed by atoms with Crippen LogP contribution in [0.3, 0.4) is 0 Å². The Kier molecular flexibility index (Phi) is 4.16. The van der Waals surface area contributed by atoms with Gasteiger partial charge >= 0.3 is 0 Å². The molecule has 0 aliphatic heterocycles. The largest absolute Gasteiger partial charge is 0.320 e. The Morgan fingerprint density at radius 1 is 1.30 bits per heavy atom. The van der Waals surface area contributed by atoms with E-state index in [-0.39, 0.29) is 5.91 Å². The lowest BCUT2D eigenvalue weighted by Gasteiger charge is -2.09. The number of nitrogens with one attached hydrogen (secondary N) is 1. The molecule has 2 rings (SSSR count). The second kappa shape index (κ2) is 5.85. The summed E-state index contributed by atoms with van der Waals surface area (Å²) in [6, 6.07) is 10.8. The van der Waals surface area contributed by atoms with Crippen molar-refractivity contribution in [3.05, 3.63) is 57.3 Å². The first-order chi connectivity index (χ1) is 9.52. The van der Waals surface area contributed by atoms with E-state index in [1.165, 1.54) is 0 Å². The summed E-state index contributed by atoms with van der Waals surface area (Å²) in [4.78, 5) is 16.3. The number of halogens is 1. The third-order valence-corrected chi connectivity index (χ3v) is 3.77. The summed E-state index contributed by atoms with van der Waals surface area (Å²) in [6.45, 7) is 3.70. The van der Waals surface area contributed by atoms with Crippen molar-refractivity contribution in [1.29, 1.82) is 5.26 Å². The summed E-state index contributed by atoms with van der Waals surface area (Å²) in [7, 11) is 0. The number of anilines is 1. The van der Waals surface area contributed by atoms with Gasteiger partial charge in [0.05, 0.1) is 11.6 Å². The van der Waals surface area contributed by atoms with Gasteiger partial charge in [-0.1, -0.05) is 12.1 Å². The average Bonchev–Trinajstić information content (AvgIpc) is 2.44. The van der Waals surface area contributed by atoms with Crippen molar-refractivity contribution < 1.29 is 4.79 Å². The van der Waals surface area contributed by atoms with Crippen molar-refractivity contribution in [3.8, 4) is 6.07 Å². The highest BCUT2D eigenvalue weighted by molar-refractivity contribution is 9.10. The van der Waals surface area contributed by atoms with Crippen LogP contribution in [0, 0.1) is 25.2 Å². The van der Waals surface area contributed by atoms with E-state index in [1.54, 1.807) is 31.2 Å². The maximum atomic E-state index is 12.2. The fourth-order valence-corrected chi connectivity index (χ4v) is 2.03. The van der Waals surface area contributed by atoms with Gasteiger partial charge in [-0.25, -0.2) is 4.98 Å². The van der Waals surface area contributed by atoms with E-state index in [0.717, 1.165) is 11.1 Å². The van der Waals surface area contributed by atoms with Gasteiger partial charge < -0.3 is 5.32 Å². The van der Waals surface area contributed by atoms with Crippen molar-refractivity contribution >= 4 is 27.5 Å². The zero-order chi connectivity index (χ0) is 14.7. The lowest BCUT2D eigenvalue weighted by atomic mass is 10.1. The monoisotopic (exact) mass is 329 g/mol. The van der Waals surface area contributed by atoms with Gasteiger partial charge in [0.25, 0.3) is 5.91 Å². The highest BCUT2D eigenvalue weighted by Gasteiger charge is 2.11. The van der Waals surface area contributed by atoms with Gasteiger partial charge in [-0.05, 0) is 59.1 Å². The Morgan fingerprint density at radius 3 is 2.70 bits per heavy atom. The molecule has 100 valence electrons. The van der Waals surface area contributed by atoms with E-state index >= 15 is 0 Å². The molecule has 0 atom stereocenters. The minimum Gasteiger partial charge on any atom is -0.320 e. The number of aryl methyl sites for hydroxylation is 1. The predicted molar refractivity (Wildman–Crippen MR) is 80.5 cm³/mol. The van der Waals surface area contributed by atoms with Crippen molar-refractivity contribution in [2.75, 3.05) is 5.32 Å². The Morgan fingerprint density at radius 2 is 2.05 bits per heavy atom. The van der Waals surface area contributed by atoms with Crippen molar-refractivity contribution in [3.63, 3.8) is 0 Å². The van der Waals surface area contributed by atoms with Crippen LogP contribution in [0.25, 0.3) is 0 Å². The Hall–Kier alpha value is -2.19. The van der Waals surface area contributed by atoms with Gasteiger partial charge in [-0.15, -0.1) is 0 Å². The lowest BCUT2D eigenvalue weighted by Crippen LogP contribution is -2.15. The molecule has 4 nitrogen and oxygen atoms in total. The summed E-state index contributed by atoms with van der Waals surface area (Å²) < 4.78 is 0.646. The predicted octanol–water partition coefficient (Wildman–Crippen LogP) is 3.58. The molecule has 1 aromatic heterocycles. The summed E-state index contributed by atoms with van der Waals surface area (Å²) in [5.41, 5.74) is 3.19. The number of carbonyl (C=O) groups is 1. The smallest absolute Gasteiger partial charge is 0.274 e. The number of nitrogens with zero attached hydrogens (tertiary/aromatic N) is 2. The molecule has 0 spiro atoms. The van der Waals surface area contributed by atoms with Gasteiger partial charge in [0, 0.05) is 5.69 Å². The zero-order valence-corrected chi connectivity index (χ0v) is 12.7. The van der Waals surface area contributed by atoms with Crippen LogP contribution in [0.5, 0.6) is 0 Å². The number of rotatable bonds is 2. The fraction of sp³-hybridized carbons (Fsp3) is 0.133. The first-order valence-electron chi connectivity index (χ1n) is 5.97. The SMILES string of the molecule is Cc1ccc(C(=O)Nc2cccc(C#N)c2C)nc1Br. The molecule has 0 fully saturated rings. The van der Waals surface area contributed by atoms with E-state index in [9.17, 15) is 4.79 Å². The van der Waals surface area contributed by atoms with E-state index < -0.39 is 0 Å². The number of hydrogen-bond acceptors (Lipinski definition) is 3. The van der Waals surface area contributed by atoms with E-state index in [4.69, 9.17) is 5.26 Å². The summed E-state index contributed by atoms with van der Waals surface area (Å²) in [5, 5.41) is 11.8. The number of benzene rings is 1. The molecule has 0 unspecified atom stereocenters. The van der Waals surface area contributed by atoms with Crippen molar-refractivity contribution in [2.24, 2.45) is 0 Å². The number of pyridine rings is 1. The summed E-state index contributed by atoms with van der Waals surface area (Å²) in [6.07, 6.45) is 0. The van der Waals surface area contributed by atoms with Crippen LogP contribution in [0.4, 0.5) is 5.69 Å². The number of carbonyl (C=O) groups excluding carboxylic acids is 1. The van der Waals surface area contributed by atoms with Crippen molar-refractivity contribution in [2.45, 2.75) is 13.8 Å². The molecule has 1 heterocycles. The van der Waals surface area contributed by atoms with Crippen LogP contribution in [-0.4, -0.2) is 10.9 Å². The van der Waals surface area contributed by atoms with E-state index in [0.29, 0.717) is 21.5 Å². The first kappa shape index (κ1) is 14.2. The average molecular weight is 330 g/mol. The minimum atomic E-state index is -0.302. The molecule has 0 bridgehead atoms. The highest BCUT2D eigenvalue weighted by Crippen LogP contribution is 2.19. The molecular weight excluding hydrogens is 318 g/mol. The number of aromatic nitrogens is 1. The van der Waals surface area contributed by atoms with Crippen LogP contribution < -0.4 is 5.32 Å². The number of hydrogen-bond donors (Lipinski definition) is 1. The van der Waals surface area contributed by atoms with Crippen LogP contribution >= 0.6 is 15.9 Å². The van der Waals surface area contributed by atoms with Gasteiger partial charge in [-0.2, -0.15) is 5.26 Å². The maximum Gasteiger partial charge on any atom is 0.274 e. The third-order valence-electron chi connectivity index (χ3n) is 2.97. The third kappa shape index (κ3) is 2.86. The molecule has 0 aliphatic rings. The van der Waals surface area contributed by atoms with E-state index in [2.05, 4.69) is 32.3 Å². The normalized spacial score (nSPS) is 9.90. The molecule has 2 aromatic rings. The summed E-state index contributed by atoms with van der Waals surface area (Å²) >= 11 is 3.30. The standard InChI is InChI=1S/C15H12BrN3O/c1-9-6-7-13(18-14(9)16)15(20)19-12-5-3-4-11(8-17)10(12)2/h3-7H,1-2H3,(H,19,20). The molecule has 1 N–H and O–H groups in total. The highest BCUT2D eigenvalue weighted by atomic mass is 79.9. The van der Waals surface area contributed by atoms with Gasteiger partial charge in [0.15, 0.2) is 0 Å². The number of amides is 1. The van der Waals surface area contributed by atoms with E-state index in [1.807, 2.05) is 13.0 Å². The Balaban J connectivity index is 2.28. The molecular formula is C15H12BrN3O. The Bertz CT molecular complexity index is 720. The summed E-state index contributed by atoms with van der Waals surface area (Å²) in [5.74, 6) is -0.302. The number of nitriles is 1. The molecule has 20 heavy (non-hydrogen) atoms. The van der Waals surface area contributed by atoms with Crippen LogP contribution in [0.15, 0.2) is 34.9 Å². The maximum absolute atomic E-state index is 12.2. The topological polar surface area (TPSA) is 65.8 Å². The minimum absolute atomic E-state index is 0.302. The molecule has 1 amide bonds. The van der Waals surface area contributed by atoms with Gasteiger partial charge in [0.2, 0.25) is 0 Å². The molecule has 0 saturated heterocycles. The van der Waals surface area contributed by atoms with Gasteiger partial charge in [0.1, 0.15) is 10.3 Å². The molecule has 0 saturated carbocycles. The molecule has 5 heteroatoms. The quantitative estimate of drug-likeness (QED) is 0.856.